The van der Waals surface area contributed by atoms with Gasteiger partial charge in [0.25, 0.3) is 0 Å². The number of hydrogen-bond acceptors (Lipinski definition) is 2. The van der Waals surface area contributed by atoms with Gasteiger partial charge in [0, 0.05) is 17.7 Å². The molecule has 0 aliphatic carbocycles. The van der Waals surface area contributed by atoms with Gasteiger partial charge < -0.3 is 0 Å². The minimum atomic E-state index is 0.107. The molecule has 0 radical (unpaired) electrons. The first-order chi connectivity index (χ1) is 10.3. The summed E-state index contributed by atoms with van der Waals surface area (Å²) in [5, 5.41) is 0. The number of benzene rings is 2. The van der Waals surface area contributed by atoms with Crippen LogP contribution in [0, 0.1) is 0 Å². The number of carbonyl (C=O) groups excluding carboxylic acids is 1. The van der Waals surface area contributed by atoms with Crippen LogP contribution in [0.15, 0.2) is 54.6 Å². The number of piperidine rings is 1. The van der Waals surface area contributed by atoms with Crippen LogP contribution in [0.2, 0.25) is 0 Å². The van der Waals surface area contributed by atoms with E-state index in [0.29, 0.717) is 0 Å². The van der Waals surface area contributed by atoms with Crippen molar-refractivity contribution in [3.63, 3.8) is 0 Å². The molecule has 0 N–H and O–H groups in total. The maximum Gasteiger partial charge on any atom is 0.193 e. The van der Waals surface area contributed by atoms with Crippen LogP contribution in [-0.2, 0) is 6.54 Å². The minimum Gasteiger partial charge on any atom is -0.299 e. The Kier molecular flexibility index (Phi) is 4.46. The first kappa shape index (κ1) is 14.0. The normalized spacial score (nSPS) is 15.8. The molecule has 0 saturated carbocycles. The van der Waals surface area contributed by atoms with Crippen molar-refractivity contribution in [1.82, 2.24) is 4.90 Å². The SMILES string of the molecule is O=C(c1ccccc1)c1cccc(CN2CCCCC2)c1. The largest absolute Gasteiger partial charge is 0.299 e. The zero-order valence-electron chi connectivity index (χ0n) is 12.3. The third kappa shape index (κ3) is 3.59. The van der Waals surface area contributed by atoms with Crippen LogP contribution in [0.3, 0.4) is 0 Å². The molecule has 1 heterocycles. The molecule has 2 nitrogen and oxygen atoms in total. The molecule has 1 aliphatic rings. The van der Waals surface area contributed by atoms with Gasteiger partial charge in [0.15, 0.2) is 5.78 Å². The molecule has 108 valence electrons. The first-order valence-corrected chi connectivity index (χ1v) is 7.74. The molecule has 1 fully saturated rings. The number of nitrogens with zero attached hydrogens (tertiary/aromatic N) is 1. The van der Waals surface area contributed by atoms with E-state index in [0.717, 1.165) is 17.7 Å². The fourth-order valence-electron chi connectivity index (χ4n) is 2.94. The van der Waals surface area contributed by atoms with Crippen LogP contribution < -0.4 is 0 Å². The van der Waals surface area contributed by atoms with Gasteiger partial charge in [-0.3, -0.25) is 9.69 Å². The molecule has 2 aromatic carbocycles. The second kappa shape index (κ2) is 6.68. The van der Waals surface area contributed by atoms with Gasteiger partial charge in [-0.05, 0) is 37.6 Å². The van der Waals surface area contributed by atoms with Crippen molar-refractivity contribution < 1.29 is 4.79 Å². The predicted octanol–water partition coefficient (Wildman–Crippen LogP) is 3.90. The van der Waals surface area contributed by atoms with E-state index < -0.39 is 0 Å². The Labute approximate surface area is 126 Å². The van der Waals surface area contributed by atoms with E-state index in [-0.39, 0.29) is 5.78 Å². The van der Waals surface area contributed by atoms with E-state index in [1.54, 1.807) is 0 Å². The zero-order chi connectivity index (χ0) is 14.5. The number of hydrogen-bond donors (Lipinski definition) is 0. The van der Waals surface area contributed by atoms with Crippen molar-refractivity contribution in [2.75, 3.05) is 13.1 Å². The average Bonchev–Trinajstić information content (AvgIpc) is 2.56. The highest BCUT2D eigenvalue weighted by atomic mass is 16.1. The van der Waals surface area contributed by atoms with E-state index in [9.17, 15) is 4.79 Å². The maximum absolute atomic E-state index is 12.5. The Bertz CT molecular complexity index is 600. The Balaban J connectivity index is 1.75. The summed E-state index contributed by atoms with van der Waals surface area (Å²) >= 11 is 0. The second-order valence-electron chi connectivity index (χ2n) is 5.73. The number of carbonyl (C=O) groups is 1. The van der Waals surface area contributed by atoms with Crippen LogP contribution in [-0.4, -0.2) is 23.8 Å². The van der Waals surface area contributed by atoms with Gasteiger partial charge in [-0.25, -0.2) is 0 Å². The third-order valence-corrected chi connectivity index (χ3v) is 4.08. The fourth-order valence-corrected chi connectivity index (χ4v) is 2.94. The van der Waals surface area contributed by atoms with E-state index in [4.69, 9.17) is 0 Å². The molecule has 0 amide bonds. The zero-order valence-corrected chi connectivity index (χ0v) is 12.3. The van der Waals surface area contributed by atoms with E-state index in [1.165, 1.54) is 37.9 Å². The Morgan fingerprint density at radius 2 is 1.57 bits per heavy atom. The van der Waals surface area contributed by atoms with Crippen molar-refractivity contribution in [3.8, 4) is 0 Å². The van der Waals surface area contributed by atoms with Gasteiger partial charge in [0.2, 0.25) is 0 Å². The maximum atomic E-state index is 12.5. The Morgan fingerprint density at radius 1 is 0.857 bits per heavy atom. The third-order valence-electron chi connectivity index (χ3n) is 4.08. The van der Waals surface area contributed by atoms with E-state index in [1.807, 2.05) is 48.5 Å². The molecule has 1 saturated heterocycles. The van der Waals surface area contributed by atoms with Crippen molar-refractivity contribution in [3.05, 3.63) is 71.3 Å². The quantitative estimate of drug-likeness (QED) is 0.791. The molecule has 3 rings (SSSR count). The Morgan fingerprint density at radius 3 is 2.33 bits per heavy atom. The summed E-state index contributed by atoms with van der Waals surface area (Å²) < 4.78 is 0. The first-order valence-electron chi connectivity index (χ1n) is 7.74. The molecule has 0 atom stereocenters. The monoisotopic (exact) mass is 279 g/mol. The molecule has 2 aromatic rings. The van der Waals surface area contributed by atoms with Crippen molar-refractivity contribution in [2.24, 2.45) is 0 Å². The van der Waals surface area contributed by atoms with Crippen molar-refractivity contribution >= 4 is 5.78 Å². The van der Waals surface area contributed by atoms with Crippen LogP contribution in [0.4, 0.5) is 0 Å². The summed E-state index contributed by atoms with van der Waals surface area (Å²) in [6, 6.07) is 17.6. The average molecular weight is 279 g/mol. The predicted molar refractivity (Wildman–Crippen MR) is 85.4 cm³/mol. The van der Waals surface area contributed by atoms with Gasteiger partial charge in [-0.2, -0.15) is 0 Å². The Hall–Kier alpha value is -1.93. The standard InChI is InChI=1S/C19H21NO/c21-19(17-9-3-1-4-10-17)18-11-7-8-16(14-18)15-20-12-5-2-6-13-20/h1,3-4,7-11,14H,2,5-6,12-13,15H2. The second-order valence-corrected chi connectivity index (χ2v) is 5.73. The van der Waals surface area contributed by atoms with Gasteiger partial charge >= 0.3 is 0 Å². The molecular weight excluding hydrogens is 258 g/mol. The van der Waals surface area contributed by atoms with Crippen LogP contribution >= 0.6 is 0 Å². The van der Waals surface area contributed by atoms with Gasteiger partial charge in [-0.15, -0.1) is 0 Å². The highest BCUT2D eigenvalue weighted by Crippen LogP contribution is 2.16. The topological polar surface area (TPSA) is 20.3 Å². The van der Waals surface area contributed by atoms with Gasteiger partial charge in [-0.1, -0.05) is 55.0 Å². The van der Waals surface area contributed by atoms with Gasteiger partial charge in [0.1, 0.15) is 0 Å². The molecule has 21 heavy (non-hydrogen) atoms. The number of ketones is 1. The van der Waals surface area contributed by atoms with E-state index in [2.05, 4.69) is 11.0 Å². The highest BCUT2D eigenvalue weighted by Gasteiger charge is 2.12. The molecule has 0 aromatic heterocycles. The van der Waals surface area contributed by atoms with Gasteiger partial charge in [0.05, 0.1) is 0 Å². The summed E-state index contributed by atoms with van der Waals surface area (Å²) in [5.41, 5.74) is 2.78. The molecule has 0 spiro atoms. The van der Waals surface area contributed by atoms with Crippen molar-refractivity contribution in [1.29, 1.82) is 0 Å². The lowest BCUT2D eigenvalue weighted by molar-refractivity contribution is 0.103. The summed E-state index contributed by atoms with van der Waals surface area (Å²) in [6.07, 6.45) is 3.94. The fraction of sp³-hybridized carbons (Fsp3) is 0.316. The van der Waals surface area contributed by atoms with Crippen LogP contribution in [0.25, 0.3) is 0 Å². The lowest BCUT2D eigenvalue weighted by Gasteiger charge is -2.26. The molecule has 0 unspecified atom stereocenters. The molecule has 0 bridgehead atoms. The van der Waals surface area contributed by atoms with Crippen LogP contribution in [0.5, 0.6) is 0 Å². The van der Waals surface area contributed by atoms with Crippen LogP contribution in [0.1, 0.15) is 40.7 Å². The number of likely N-dealkylation sites (tertiary alicyclic amines) is 1. The number of rotatable bonds is 4. The summed E-state index contributed by atoms with van der Waals surface area (Å²) in [5.74, 6) is 0.107. The lowest BCUT2D eigenvalue weighted by Crippen LogP contribution is -2.29. The minimum absolute atomic E-state index is 0.107. The smallest absolute Gasteiger partial charge is 0.193 e. The molecule has 1 aliphatic heterocycles. The summed E-state index contributed by atoms with van der Waals surface area (Å²) in [7, 11) is 0. The molecule has 2 heteroatoms. The van der Waals surface area contributed by atoms with E-state index >= 15 is 0 Å². The lowest BCUT2D eigenvalue weighted by atomic mass is 10.0. The molecular formula is C19H21NO. The highest BCUT2D eigenvalue weighted by molar-refractivity contribution is 6.09. The summed E-state index contributed by atoms with van der Waals surface area (Å²) in [6.45, 7) is 3.31. The van der Waals surface area contributed by atoms with Crippen molar-refractivity contribution in [2.45, 2.75) is 25.8 Å². The summed E-state index contributed by atoms with van der Waals surface area (Å²) in [4.78, 5) is 15.0.